The van der Waals surface area contributed by atoms with Gasteiger partial charge in [0.2, 0.25) is 5.91 Å². The van der Waals surface area contributed by atoms with Gasteiger partial charge in [-0.1, -0.05) is 6.07 Å². The summed E-state index contributed by atoms with van der Waals surface area (Å²) in [5, 5.41) is 17.9. The Kier molecular flexibility index (Phi) is 3.23. The van der Waals surface area contributed by atoms with E-state index in [0.717, 1.165) is 0 Å². The average Bonchev–Trinajstić information content (AvgIpc) is 2.16. The summed E-state index contributed by atoms with van der Waals surface area (Å²) in [5.74, 6) is -1.000. The second kappa shape index (κ2) is 4.25. The van der Waals surface area contributed by atoms with Crippen LogP contribution in [0.5, 0.6) is 0 Å². The number of ketones is 1. The van der Waals surface area contributed by atoms with Gasteiger partial charge < -0.3 is 15.8 Å². The third-order valence-electron chi connectivity index (χ3n) is 1.94. The van der Waals surface area contributed by atoms with Crippen LogP contribution in [0.2, 0.25) is 0 Å². The van der Waals surface area contributed by atoms with Crippen molar-refractivity contribution in [1.29, 1.82) is 0 Å². The summed E-state index contributed by atoms with van der Waals surface area (Å²) in [6.07, 6.45) is 0. The topological polar surface area (TPSA) is 101 Å². The van der Waals surface area contributed by atoms with Crippen LogP contribution >= 0.6 is 0 Å². The minimum absolute atomic E-state index is 0.0662. The fourth-order valence-electron chi connectivity index (χ4n) is 1.15. The van der Waals surface area contributed by atoms with Crippen LogP contribution in [0.3, 0.4) is 0 Å². The van der Waals surface area contributed by atoms with Crippen molar-refractivity contribution in [2.75, 3.05) is 0 Å². The smallest absolute Gasteiger partial charge is 0.423 e. The molecule has 0 bridgehead atoms. The molecule has 1 aromatic rings. The number of carbonyl (C=O) groups excluding carboxylic acids is 2. The van der Waals surface area contributed by atoms with Gasteiger partial charge in [0.1, 0.15) is 0 Å². The van der Waals surface area contributed by atoms with E-state index < -0.39 is 13.0 Å². The first-order valence-electron chi connectivity index (χ1n) is 4.23. The van der Waals surface area contributed by atoms with Crippen molar-refractivity contribution >= 4 is 24.3 Å². The lowest BCUT2D eigenvalue weighted by Crippen LogP contribution is -2.31. The Morgan fingerprint density at radius 3 is 2.13 bits per heavy atom. The summed E-state index contributed by atoms with van der Waals surface area (Å²) < 4.78 is 0. The zero-order valence-electron chi connectivity index (χ0n) is 8.10. The van der Waals surface area contributed by atoms with E-state index in [1.165, 1.54) is 25.1 Å². The monoisotopic (exact) mass is 207 g/mol. The van der Waals surface area contributed by atoms with Crippen molar-refractivity contribution in [3.05, 3.63) is 29.3 Å². The van der Waals surface area contributed by atoms with E-state index in [1.54, 1.807) is 0 Å². The second-order valence-corrected chi connectivity index (χ2v) is 3.14. The first-order chi connectivity index (χ1) is 6.91. The van der Waals surface area contributed by atoms with Crippen molar-refractivity contribution in [2.45, 2.75) is 6.92 Å². The van der Waals surface area contributed by atoms with E-state index in [1.807, 2.05) is 0 Å². The predicted molar refractivity (Wildman–Crippen MR) is 54.8 cm³/mol. The summed E-state index contributed by atoms with van der Waals surface area (Å²) in [5.41, 5.74) is 5.40. The van der Waals surface area contributed by atoms with Crippen molar-refractivity contribution in [3.63, 3.8) is 0 Å². The lowest BCUT2D eigenvalue weighted by Gasteiger charge is -2.05. The Hall–Kier alpha value is -1.66. The number of Topliss-reactive ketones (excluding diaryl/α,β-unsaturated/α-hetero) is 1. The highest BCUT2D eigenvalue weighted by atomic mass is 16.4. The van der Waals surface area contributed by atoms with E-state index in [4.69, 9.17) is 15.8 Å². The first-order valence-corrected chi connectivity index (χ1v) is 4.23. The number of nitrogens with two attached hydrogens (primary N) is 1. The Balaban J connectivity index is 3.32. The van der Waals surface area contributed by atoms with Gasteiger partial charge in [-0.25, -0.2) is 0 Å². The lowest BCUT2D eigenvalue weighted by atomic mass is 9.78. The third kappa shape index (κ3) is 2.65. The Bertz CT molecular complexity index is 384. The van der Waals surface area contributed by atoms with Crippen LogP contribution in [0, 0.1) is 0 Å². The molecular weight excluding hydrogens is 197 g/mol. The number of hydrogen-bond donors (Lipinski definition) is 3. The predicted octanol–water partition coefficient (Wildman–Crippen LogP) is -1.33. The van der Waals surface area contributed by atoms with E-state index in [9.17, 15) is 9.59 Å². The summed E-state index contributed by atoms with van der Waals surface area (Å²) in [6.45, 7) is 1.31. The van der Waals surface area contributed by atoms with Crippen LogP contribution in [0.25, 0.3) is 0 Å². The number of hydrogen-bond acceptors (Lipinski definition) is 4. The highest BCUT2D eigenvalue weighted by molar-refractivity contribution is 6.58. The first kappa shape index (κ1) is 11.4. The number of carbonyl (C=O) groups is 2. The SMILES string of the molecule is CC(=O)c1cc(B(O)O)cc(C(N)=O)c1. The van der Waals surface area contributed by atoms with Gasteiger partial charge in [-0.15, -0.1) is 0 Å². The molecule has 0 radical (unpaired) electrons. The molecule has 0 unspecified atom stereocenters. The van der Waals surface area contributed by atoms with Crippen molar-refractivity contribution < 1.29 is 19.6 Å². The third-order valence-corrected chi connectivity index (χ3v) is 1.94. The molecule has 1 aromatic carbocycles. The normalized spacial score (nSPS) is 9.80. The lowest BCUT2D eigenvalue weighted by molar-refractivity contribution is 0.1000. The van der Waals surface area contributed by atoms with Crippen LogP contribution in [-0.4, -0.2) is 28.9 Å². The molecule has 5 nitrogen and oxygen atoms in total. The summed E-state index contributed by atoms with van der Waals surface area (Å²) in [4.78, 5) is 22.0. The fourth-order valence-corrected chi connectivity index (χ4v) is 1.15. The molecule has 4 N–H and O–H groups in total. The maximum atomic E-state index is 11.1. The molecule has 0 atom stereocenters. The van der Waals surface area contributed by atoms with Crippen molar-refractivity contribution in [1.82, 2.24) is 0 Å². The minimum atomic E-state index is -1.73. The minimum Gasteiger partial charge on any atom is -0.423 e. The highest BCUT2D eigenvalue weighted by Crippen LogP contribution is 2.04. The number of benzene rings is 1. The van der Waals surface area contributed by atoms with E-state index >= 15 is 0 Å². The van der Waals surface area contributed by atoms with Gasteiger partial charge in [0.15, 0.2) is 5.78 Å². The molecule has 0 saturated heterocycles. The van der Waals surface area contributed by atoms with Gasteiger partial charge in [-0.3, -0.25) is 9.59 Å². The molecule has 0 aliphatic heterocycles. The number of rotatable bonds is 3. The standard InChI is InChI=1S/C9H10BNO4/c1-5(12)6-2-7(9(11)13)4-8(3-6)10(14)15/h2-4,14-15H,1H3,(H2,11,13). The van der Waals surface area contributed by atoms with Crippen LogP contribution in [0.1, 0.15) is 27.6 Å². The Labute approximate surface area is 86.7 Å². The zero-order valence-corrected chi connectivity index (χ0v) is 8.10. The summed E-state index contributed by atoms with van der Waals surface area (Å²) in [6, 6.07) is 3.86. The molecule has 6 heteroatoms. The van der Waals surface area contributed by atoms with E-state index in [-0.39, 0.29) is 22.4 Å². The van der Waals surface area contributed by atoms with Gasteiger partial charge >= 0.3 is 7.12 Å². The Morgan fingerprint density at radius 1 is 1.20 bits per heavy atom. The largest absolute Gasteiger partial charge is 0.488 e. The fraction of sp³-hybridized carbons (Fsp3) is 0.111. The van der Waals surface area contributed by atoms with Crippen LogP contribution in [0.4, 0.5) is 0 Å². The van der Waals surface area contributed by atoms with E-state index in [2.05, 4.69) is 0 Å². The van der Waals surface area contributed by atoms with Gasteiger partial charge in [0.05, 0.1) is 0 Å². The molecule has 0 aliphatic rings. The van der Waals surface area contributed by atoms with Crippen LogP contribution in [-0.2, 0) is 0 Å². The molecule has 1 amide bonds. The molecule has 0 spiro atoms. The molecule has 0 saturated carbocycles. The quantitative estimate of drug-likeness (QED) is 0.422. The number of amides is 1. The summed E-state index contributed by atoms with van der Waals surface area (Å²) in [7, 11) is -1.73. The maximum Gasteiger partial charge on any atom is 0.488 e. The van der Waals surface area contributed by atoms with Crippen molar-refractivity contribution in [2.24, 2.45) is 5.73 Å². The van der Waals surface area contributed by atoms with Gasteiger partial charge in [0, 0.05) is 11.1 Å². The molecule has 0 aliphatic carbocycles. The molecule has 1 rings (SSSR count). The zero-order chi connectivity index (χ0) is 11.6. The maximum absolute atomic E-state index is 11.1. The molecule has 15 heavy (non-hydrogen) atoms. The molecule has 0 heterocycles. The second-order valence-electron chi connectivity index (χ2n) is 3.14. The van der Waals surface area contributed by atoms with E-state index in [0.29, 0.717) is 0 Å². The highest BCUT2D eigenvalue weighted by Gasteiger charge is 2.16. The summed E-state index contributed by atoms with van der Waals surface area (Å²) >= 11 is 0. The van der Waals surface area contributed by atoms with Gasteiger partial charge in [-0.05, 0) is 24.5 Å². The molecule has 78 valence electrons. The van der Waals surface area contributed by atoms with Crippen LogP contribution in [0.15, 0.2) is 18.2 Å². The number of primary amides is 1. The van der Waals surface area contributed by atoms with Crippen LogP contribution < -0.4 is 11.2 Å². The molecule has 0 fully saturated rings. The van der Waals surface area contributed by atoms with Crippen molar-refractivity contribution in [3.8, 4) is 0 Å². The van der Waals surface area contributed by atoms with Gasteiger partial charge in [-0.2, -0.15) is 0 Å². The average molecular weight is 207 g/mol. The molecular formula is C9H10BNO4. The molecule has 0 aromatic heterocycles. The van der Waals surface area contributed by atoms with Gasteiger partial charge in [0.25, 0.3) is 0 Å². The Morgan fingerprint density at radius 2 is 1.73 bits per heavy atom.